The van der Waals surface area contributed by atoms with Crippen LogP contribution in [0.1, 0.15) is 19.2 Å². The molecule has 0 aliphatic heterocycles. The molecule has 0 aliphatic rings. The van der Waals surface area contributed by atoms with Crippen molar-refractivity contribution in [1.29, 1.82) is 0 Å². The van der Waals surface area contributed by atoms with E-state index in [4.69, 9.17) is 28.9 Å². The molecule has 0 fully saturated rings. The van der Waals surface area contributed by atoms with Crippen LogP contribution in [0.3, 0.4) is 0 Å². The van der Waals surface area contributed by atoms with Crippen molar-refractivity contribution in [2.45, 2.75) is 25.8 Å². The first kappa shape index (κ1) is 11.7. The molecule has 0 spiro atoms. The molecule has 1 aromatic carbocycles. The van der Waals surface area contributed by atoms with E-state index < -0.39 is 0 Å². The summed E-state index contributed by atoms with van der Waals surface area (Å²) < 4.78 is 0. The highest BCUT2D eigenvalue weighted by molar-refractivity contribution is 6.42. The van der Waals surface area contributed by atoms with Crippen LogP contribution in [0.25, 0.3) is 11.0 Å². The molecule has 5 heteroatoms. The predicted octanol–water partition coefficient (Wildman–Crippen LogP) is 3.15. The lowest BCUT2D eigenvalue weighted by atomic mass is 10.2. The second-order valence-corrected chi connectivity index (χ2v) is 4.80. The SMILES string of the molecule is CC(N)CCc1nc2cc(Cl)c(Cl)cc2[nH]1. The zero-order valence-electron chi connectivity index (χ0n) is 8.93. The van der Waals surface area contributed by atoms with Crippen LogP contribution in [0.4, 0.5) is 0 Å². The number of aryl methyl sites for hydroxylation is 1. The first-order valence-corrected chi connectivity index (χ1v) is 5.91. The van der Waals surface area contributed by atoms with E-state index in [-0.39, 0.29) is 6.04 Å². The number of hydrogen-bond donors (Lipinski definition) is 2. The molecule has 0 bridgehead atoms. The Labute approximate surface area is 104 Å². The number of imidazole rings is 1. The molecule has 0 saturated carbocycles. The van der Waals surface area contributed by atoms with Crippen LogP contribution >= 0.6 is 23.2 Å². The van der Waals surface area contributed by atoms with Crippen LogP contribution in [0.15, 0.2) is 12.1 Å². The highest BCUT2D eigenvalue weighted by atomic mass is 35.5. The molecule has 2 rings (SSSR count). The summed E-state index contributed by atoms with van der Waals surface area (Å²) in [6.07, 6.45) is 1.74. The minimum Gasteiger partial charge on any atom is -0.342 e. The van der Waals surface area contributed by atoms with Crippen LogP contribution < -0.4 is 5.73 Å². The second-order valence-electron chi connectivity index (χ2n) is 3.98. The van der Waals surface area contributed by atoms with Crippen molar-refractivity contribution in [3.8, 4) is 0 Å². The van der Waals surface area contributed by atoms with Gasteiger partial charge in [0.25, 0.3) is 0 Å². The zero-order chi connectivity index (χ0) is 11.7. The second kappa shape index (κ2) is 4.62. The van der Waals surface area contributed by atoms with E-state index in [0.717, 1.165) is 29.7 Å². The number of nitrogens with one attached hydrogen (secondary N) is 1. The van der Waals surface area contributed by atoms with Gasteiger partial charge in [-0.25, -0.2) is 4.98 Å². The topological polar surface area (TPSA) is 54.7 Å². The lowest BCUT2D eigenvalue weighted by Gasteiger charge is -2.00. The number of fused-ring (bicyclic) bond motifs is 1. The van der Waals surface area contributed by atoms with Crippen molar-refractivity contribution in [2.24, 2.45) is 5.73 Å². The smallest absolute Gasteiger partial charge is 0.107 e. The summed E-state index contributed by atoms with van der Waals surface area (Å²) in [5.41, 5.74) is 7.45. The molecule has 0 radical (unpaired) electrons. The molecule has 1 heterocycles. The number of hydrogen-bond acceptors (Lipinski definition) is 2. The van der Waals surface area contributed by atoms with E-state index in [1.165, 1.54) is 0 Å². The minimum absolute atomic E-state index is 0.181. The van der Waals surface area contributed by atoms with E-state index in [1.807, 2.05) is 6.92 Å². The number of halogens is 2. The first-order valence-electron chi connectivity index (χ1n) is 5.15. The minimum atomic E-state index is 0.181. The fourth-order valence-corrected chi connectivity index (χ4v) is 1.86. The standard InChI is InChI=1S/C11H13Cl2N3/c1-6(14)2-3-11-15-9-4-7(12)8(13)5-10(9)16-11/h4-6H,2-3,14H2,1H3,(H,15,16). The molecule has 1 atom stereocenters. The van der Waals surface area contributed by atoms with Gasteiger partial charge in [0, 0.05) is 12.5 Å². The van der Waals surface area contributed by atoms with Crippen molar-refractivity contribution in [1.82, 2.24) is 9.97 Å². The van der Waals surface area contributed by atoms with Crippen LogP contribution in [-0.2, 0) is 6.42 Å². The van der Waals surface area contributed by atoms with Gasteiger partial charge >= 0.3 is 0 Å². The fourth-order valence-electron chi connectivity index (χ4n) is 1.54. The summed E-state index contributed by atoms with van der Waals surface area (Å²) in [6.45, 7) is 1.98. The summed E-state index contributed by atoms with van der Waals surface area (Å²) in [5.74, 6) is 0.922. The average molecular weight is 258 g/mol. The van der Waals surface area contributed by atoms with Crippen molar-refractivity contribution in [2.75, 3.05) is 0 Å². The average Bonchev–Trinajstić information content (AvgIpc) is 2.58. The van der Waals surface area contributed by atoms with Crippen molar-refractivity contribution in [3.63, 3.8) is 0 Å². The summed E-state index contributed by atoms with van der Waals surface area (Å²) in [7, 11) is 0. The molecule has 0 saturated heterocycles. The fraction of sp³-hybridized carbons (Fsp3) is 0.364. The Bertz CT molecular complexity index is 466. The molecule has 1 aromatic heterocycles. The molecule has 1 unspecified atom stereocenters. The van der Waals surface area contributed by atoms with Gasteiger partial charge in [0.2, 0.25) is 0 Å². The Morgan fingerprint density at radius 2 is 2.06 bits per heavy atom. The van der Waals surface area contributed by atoms with Crippen LogP contribution in [0.5, 0.6) is 0 Å². The highest BCUT2D eigenvalue weighted by Crippen LogP contribution is 2.26. The van der Waals surface area contributed by atoms with Crippen molar-refractivity contribution < 1.29 is 0 Å². The van der Waals surface area contributed by atoms with E-state index >= 15 is 0 Å². The number of aromatic amines is 1. The van der Waals surface area contributed by atoms with Crippen molar-refractivity contribution in [3.05, 3.63) is 28.0 Å². The Hall–Kier alpha value is -0.770. The molecule has 0 amide bonds. The molecule has 86 valence electrons. The predicted molar refractivity (Wildman–Crippen MR) is 68.1 cm³/mol. The normalized spacial score (nSPS) is 13.2. The van der Waals surface area contributed by atoms with Gasteiger partial charge in [-0.15, -0.1) is 0 Å². The molecular formula is C11H13Cl2N3. The Balaban J connectivity index is 2.29. The quantitative estimate of drug-likeness (QED) is 0.888. The maximum Gasteiger partial charge on any atom is 0.107 e. The molecule has 16 heavy (non-hydrogen) atoms. The van der Waals surface area contributed by atoms with Gasteiger partial charge in [-0.05, 0) is 25.5 Å². The number of rotatable bonds is 3. The number of nitrogens with two attached hydrogens (primary N) is 1. The molecular weight excluding hydrogens is 245 g/mol. The van der Waals surface area contributed by atoms with E-state index in [1.54, 1.807) is 12.1 Å². The van der Waals surface area contributed by atoms with E-state index in [9.17, 15) is 0 Å². The van der Waals surface area contributed by atoms with Crippen LogP contribution in [0, 0.1) is 0 Å². The Morgan fingerprint density at radius 3 is 2.75 bits per heavy atom. The number of aromatic nitrogens is 2. The van der Waals surface area contributed by atoms with Gasteiger partial charge < -0.3 is 10.7 Å². The van der Waals surface area contributed by atoms with E-state index in [0.29, 0.717) is 10.0 Å². The van der Waals surface area contributed by atoms with Crippen LogP contribution in [0.2, 0.25) is 10.0 Å². The third-order valence-corrected chi connectivity index (χ3v) is 3.13. The van der Waals surface area contributed by atoms with Gasteiger partial charge in [0.1, 0.15) is 5.82 Å². The molecule has 0 aliphatic carbocycles. The third kappa shape index (κ3) is 2.48. The number of benzene rings is 1. The number of nitrogens with zero attached hydrogens (tertiary/aromatic N) is 1. The van der Waals surface area contributed by atoms with Gasteiger partial charge in [-0.1, -0.05) is 23.2 Å². The summed E-state index contributed by atoms with van der Waals surface area (Å²) in [4.78, 5) is 7.64. The molecule has 2 aromatic rings. The maximum atomic E-state index is 5.92. The number of H-pyrrole nitrogens is 1. The van der Waals surface area contributed by atoms with Gasteiger partial charge in [-0.2, -0.15) is 0 Å². The van der Waals surface area contributed by atoms with Crippen LogP contribution in [-0.4, -0.2) is 16.0 Å². The molecule has 3 nitrogen and oxygen atoms in total. The summed E-state index contributed by atoms with van der Waals surface area (Å²) in [5, 5.41) is 1.07. The third-order valence-electron chi connectivity index (χ3n) is 2.41. The monoisotopic (exact) mass is 257 g/mol. The largest absolute Gasteiger partial charge is 0.342 e. The van der Waals surface area contributed by atoms with Gasteiger partial charge in [0.15, 0.2) is 0 Å². The van der Waals surface area contributed by atoms with Gasteiger partial charge in [-0.3, -0.25) is 0 Å². The summed E-state index contributed by atoms with van der Waals surface area (Å²) >= 11 is 11.8. The lowest BCUT2D eigenvalue weighted by Crippen LogP contribution is -2.15. The summed E-state index contributed by atoms with van der Waals surface area (Å²) in [6, 6.07) is 3.74. The lowest BCUT2D eigenvalue weighted by molar-refractivity contribution is 0.652. The Kier molecular flexibility index (Phi) is 3.38. The van der Waals surface area contributed by atoms with Crippen molar-refractivity contribution >= 4 is 34.2 Å². The Morgan fingerprint density at radius 1 is 1.38 bits per heavy atom. The zero-order valence-corrected chi connectivity index (χ0v) is 10.4. The van der Waals surface area contributed by atoms with Gasteiger partial charge in [0.05, 0.1) is 21.1 Å². The highest BCUT2D eigenvalue weighted by Gasteiger charge is 2.07. The first-order chi connectivity index (χ1) is 7.56. The van der Waals surface area contributed by atoms with E-state index in [2.05, 4.69) is 9.97 Å². The molecule has 3 N–H and O–H groups in total. The maximum absolute atomic E-state index is 5.92.